The number of alkyl halides is 2. The highest BCUT2D eigenvalue weighted by Crippen LogP contribution is 2.33. The van der Waals surface area contributed by atoms with Crippen LogP contribution < -0.4 is 10.5 Å². The highest BCUT2D eigenvalue weighted by atomic mass is 19.3. The molecule has 0 saturated heterocycles. The molecule has 0 aromatic carbocycles. The van der Waals surface area contributed by atoms with Crippen LogP contribution in [0.4, 0.5) is 8.78 Å². The molecular formula is C9H10F2N2O2. The lowest BCUT2D eigenvalue weighted by Crippen LogP contribution is -2.17. The number of methoxy groups -OCH3 is 1. The third-order valence-electron chi connectivity index (χ3n) is 1.90. The fourth-order valence-electron chi connectivity index (χ4n) is 1.28. The van der Waals surface area contributed by atoms with E-state index in [1.807, 2.05) is 0 Å². The minimum absolute atomic E-state index is 0.0474. The SMILES string of the molecule is COc1c(C)cnc(C(N)=O)c1C(F)F. The molecule has 6 heteroatoms. The summed E-state index contributed by atoms with van der Waals surface area (Å²) in [6, 6.07) is 0. The number of pyridine rings is 1. The standard InChI is InChI=1S/C9H10F2N2O2/c1-4-3-13-6(9(12)14)5(8(10)11)7(4)15-2/h3,8H,1-2H3,(H2,12,14). The van der Waals surface area contributed by atoms with Gasteiger partial charge in [-0.1, -0.05) is 0 Å². The zero-order valence-corrected chi connectivity index (χ0v) is 8.25. The Bertz CT molecular complexity index is 394. The van der Waals surface area contributed by atoms with Crippen molar-refractivity contribution < 1.29 is 18.3 Å². The number of primary amides is 1. The number of hydrogen-bond acceptors (Lipinski definition) is 3. The summed E-state index contributed by atoms with van der Waals surface area (Å²) in [6.45, 7) is 1.56. The molecular weight excluding hydrogens is 206 g/mol. The Labute approximate surface area is 85.1 Å². The van der Waals surface area contributed by atoms with Gasteiger partial charge in [0.05, 0.1) is 12.7 Å². The van der Waals surface area contributed by atoms with Crippen molar-refractivity contribution in [2.45, 2.75) is 13.3 Å². The van der Waals surface area contributed by atoms with E-state index in [1.54, 1.807) is 6.92 Å². The van der Waals surface area contributed by atoms with Gasteiger partial charge >= 0.3 is 0 Å². The van der Waals surface area contributed by atoms with E-state index in [4.69, 9.17) is 10.5 Å². The van der Waals surface area contributed by atoms with Gasteiger partial charge in [-0.3, -0.25) is 9.78 Å². The van der Waals surface area contributed by atoms with Gasteiger partial charge in [-0.05, 0) is 6.92 Å². The van der Waals surface area contributed by atoms with Crippen LogP contribution in [0.3, 0.4) is 0 Å². The number of amides is 1. The number of hydrogen-bond donors (Lipinski definition) is 1. The van der Waals surface area contributed by atoms with E-state index in [0.29, 0.717) is 5.56 Å². The molecule has 2 N–H and O–H groups in total. The molecule has 0 fully saturated rings. The van der Waals surface area contributed by atoms with Gasteiger partial charge in [0.1, 0.15) is 11.4 Å². The van der Waals surface area contributed by atoms with Crippen LogP contribution in [0, 0.1) is 6.92 Å². The summed E-state index contributed by atoms with van der Waals surface area (Å²) in [5.41, 5.74) is 4.36. The number of ether oxygens (including phenoxy) is 1. The second-order valence-corrected chi connectivity index (χ2v) is 2.90. The molecule has 0 aliphatic rings. The van der Waals surface area contributed by atoms with Gasteiger partial charge in [0.25, 0.3) is 12.3 Å². The smallest absolute Gasteiger partial charge is 0.269 e. The molecule has 0 bridgehead atoms. The average molecular weight is 216 g/mol. The summed E-state index contributed by atoms with van der Waals surface area (Å²) in [4.78, 5) is 14.4. The number of nitrogens with zero attached hydrogens (tertiary/aromatic N) is 1. The fraction of sp³-hybridized carbons (Fsp3) is 0.333. The number of carbonyl (C=O) groups is 1. The maximum absolute atomic E-state index is 12.7. The zero-order valence-electron chi connectivity index (χ0n) is 8.25. The molecule has 15 heavy (non-hydrogen) atoms. The first-order chi connectivity index (χ1) is 6.99. The number of aromatic nitrogens is 1. The third kappa shape index (κ3) is 2.03. The number of rotatable bonds is 3. The van der Waals surface area contributed by atoms with Crippen molar-refractivity contribution in [1.82, 2.24) is 4.98 Å². The molecule has 0 spiro atoms. The molecule has 0 aliphatic carbocycles. The minimum Gasteiger partial charge on any atom is -0.496 e. The first kappa shape index (κ1) is 11.4. The summed E-state index contributed by atoms with van der Waals surface area (Å²) in [5, 5.41) is 0. The van der Waals surface area contributed by atoms with Gasteiger partial charge in [0, 0.05) is 11.8 Å². The number of aryl methyl sites for hydroxylation is 1. The van der Waals surface area contributed by atoms with Gasteiger partial charge < -0.3 is 10.5 Å². The average Bonchev–Trinajstić information content (AvgIpc) is 2.16. The van der Waals surface area contributed by atoms with Crippen LogP contribution in [-0.2, 0) is 0 Å². The summed E-state index contributed by atoms with van der Waals surface area (Å²) < 4.78 is 30.2. The number of nitrogens with two attached hydrogens (primary N) is 1. The van der Waals surface area contributed by atoms with E-state index in [9.17, 15) is 13.6 Å². The van der Waals surface area contributed by atoms with Crippen LogP contribution in [0.1, 0.15) is 28.0 Å². The van der Waals surface area contributed by atoms with E-state index in [-0.39, 0.29) is 5.75 Å². The van der Waals surface area contributed by atoms with E-state index in [0.717, 1.165) is 0 Å². The Morgan fingerprint density at radius 1 is 1.60 bits per heavy atom. The van der Waals surface area contributed by atoms with Crippen molar-refractivity contribution in [3.63, 3.8) is 0 Å². The topological polar surface area (TPSA) is 65.2 Å². The lowest BCUT2D eigenvalue weighted by molar-refractivity contribution is 0.0977. The molecule has 1 amide bonds. The summed E-state index contributed by atoms with van der Waals surface area (Å²) >= 11 is 0. The molecule has 1 aromatic rings. The molecule has 1 aromatic heterocycles. The van der Waals surface area contributed by atoms with Crippen LogP contribution in [0.15, 0.2) is 6.20 Å². The predicted molar refractivity (Wildman–Crippen MR) is 49.0 cm³/mol. The molecule has 4 nitrogen and oxygen atoms in total. The normalized spacial score (nSPS) is 10.5. The maximum Gasteiger partial charge on any atom is 0.269 e. The van der Waals surface area contributed by atoms with Crippen LogP contribution in [-0.4, -0.2) is 18.0 Å². The Morgan fingerprint density at radius 3 is 2.60 bits per heavy atom. The second kappa shape index (κ2) is 4.20. The molecule has 1 heterocycles. The van der Waals surface area contributed by atoms with Crippen LogP contribution >= 0.6 is 0 Å². The molecule has 0 atom stereocenters. The molecule has 0 aliphatic heterocycles. The third-order valence-corrected chi connectivity index (χ3v) is 1.90. The second-order valence-electron chi connectivity index (χ2n) is 2.90. The quantitative estimate of drug-likeness (QED) is 0.831. The Kier molecular flexibility index (Phi) is 3.18. The lowest BCUT2D eigenvalue weighted by atomic mass is 10.1. The van der Waals surface area contributed by atoms with Gasteiger partial charge in [-0.25, -0.2) is 8.78 Å². The van der Waals surface area contributed by atoms with E-state index >= 15 is 0 Å². The van der Waals surface area contributed by atoms with Gasteiger partial charge in [-0.15, -0.1) is 0 Å². The van der Waals surface area contributed by atoms with Crippen molar-refractivity contribution in [3.8, 4) is 5.75 Å². The minimum atomic E-state index is -2.85. The maximum atomic E-state index is 12.7. The van der Waals surface area contributed by atoms with Crippen molar-refractivity contribution in [3.05, 3.63) is 23.0 Å². The predicted octanol–water partition coefficient (Wildman–Crippen LogP) is 1.44. The van der Waals surface area contributed by atoms with Crippen LogP contribution in [0.25, 0.3) is 0 Å². The van der Waals surface area contributed by atoms with Gasteiger partial charge in [0.2, 0.25) is 0 Å². The van der Waals surface area contributed by atoms with Crippen molar-refractivity contribution in [2.75, 3.05) is 7.11 Å². The van der Waals surface area contributed by atoms with Crippen molar-refractivity contribution >= 4 is 5.91 Å². The number of halogens is 2. The Balaban J connectivity index is 3.49. The van der Waals surface area contributed by atoms with E-state index < -0.39 is 23.6 Å². The first-order valence-electron chi connectivity index (χ1n) is 4.10. The fourth-order valence-corrected chi connectivity index (χ4v) is 1.28. The zero-order chi connectivity index (χ0) is 11.6. The molecule has 0 radical (unpaired) electrons. The summed E-state index contributed by atoms with van der Waals surface area (Å²) in [5.74, 6) is -1.04. The first-order valence-corrected chi connectivity index (χ1v) is 4.10. The highest BCUT2D eigenvalue weighted by Gasteiger charge is 2.24. The lowest BCUT2D eigenvalue weighted by Gasteiger charge is -2.12. The van der Waals surface area contributed by atoms with E-state index in [1.165, 1.54) is 13.3 Å². The molecule has 82 valence electrons. The van der Waals surface area contributed by atoms with Crippen LogP contribution in [0.5, 0.6) is 5.75 Å². The summed E-state index contributed by atoms with van der Waals surface area (Å²) in [6.07, 6.45) is -1.58. The van der Waals surface area contributed by atoms with Crippen molar-refractivity contribution in [2.24, 2.45) is 5.73 Å². The van der Waals surface area contributed by atoms with Crippen molar-refractivity contribution in [1.29, 1.82) is 0 Å². The monoisotopic (exact) mass is 216 g/mol. The molecule has 0 unspecified atom stereocenters. The molecule has 0 saturated carbocycles. The van der Waals surface area contributed by atoms with Gasteiger partial charge in [0.15, 0.2) is 0 Å². The molecule has 1 rings (SSSR count). The Morgan fingerprint density at radius 2 is 2.20 bits per heavy atom. The highest BCUT2D eigenvalue weighted by molar-refractivity contribution is 5.93. The summed E-state index contributed by atoms with van der Waals surface area (Å²) in [7, 11) is 1.25. The van der Waals surface area contributed by atoms with Crippen LogP contribution in [0.2, 0.25) is 0 Å². The van der Waals surface area contributed by atoms with E-state index in [2.05, 4.69) is 4.98 Å². The largest absolute Gasteiger partial charge is 0.496 e. The van der Waals surface area contributed by atoms with Gasteiger partial charge in [-0.2, -0.15) is 0 Å². The Hall–Kier alpha value is -1.72. The number of carbonyl (C=O) groups excluding carboxylic acids is 1.